The number of carbonyl (C=O) groups excluding carboxylic acids is 1. The number of likely N-dealkylation sites (N-methyl/N-ethyl adjacent to an activating group) is 1. The Labute approximate surface area is 245 Å². The van der Waals surface area contributed by atoms with Crippen LogP contribution in [-0.4, -0.2) is 46.9 Å². The molecule has 10 heteroatoms. The highest BCUT2D eigenvalue weighted by molar-refractivity contribution is 6.42. The van der Waals surface area contributed by atoms with E-state index in [0.29, 0.717) is 34.3 Å². The van der Waals surface area contributed by atoms with Crippen molar-refractivity contribution in [1.82, 2.24) is 14.8 Å². The van der Waals surface area contributed by atoms with Crippen molar-refractivity contribution in [2.24, 2.45) is 0 Å². The molecule has 0 N–H and O–H groups in total. The summed E-state index contributed by atoms with van der Waals surface area (Å²) in [5.74, 6) is -1.63. The quantitative estimate of drug-likeness (QED) is 0.210. The number of hydrogen-bond acceptors (Lipinski definition) is 3. The SMILES string of the molecule is CN(Cc1ccc(C(F)(F)F)c(F)c1)C1CN(C(=O)c2ccc(-c3ccncc3)cc2)CC1c1ccc(Cl)c(Cl)c1. The van der Waals surface area contributed by atoms with Gasteiger partial charge in [-0.05, 0) is 77.8 Å². The number of halogens is 6. The molecule has 41 heavy (non-hydrogen) atoms. The third-order valence-electron chi connectivity index (χ3n) is 7.43. The molecule has 4 nitrogen and oxygen atoms in total. The van der Waals surface area contributed by atoms with E-state index >= 15 is 0 Å². The Kier molecular flexibility index (Phi) is 8.36. The van der Waals surface area contributed by atoms with Crippen LogP contribution in [0, 0.1) is 5.82 Å². The maximum absolute atomic E-state index is 14.3. The zero-order valence-corrected chi connectivity index (χ0v) is 23.4. The molecule has 1 fully saturated rings. The first-order chi connectivity index (χ1) is 19.5. The molecule has 1 saturated heterocycles. The average molecular weight is 602 g/mol. The van der Waals surface area contributed by atoms with Gasteiger partial charge in [0.1, 0.15) is 5.82 Å². The van der Waals surface area contributed by atoms with Crippen LogP contribution in [0.1, 0.15) is 33.0 Å². The van der Waals surface area contributed by atoms with Gasteiger partial charge in [-0.3, -0.25) is 14.7 Å². The fourth-order valence-corrected chi connectivity index (χ4v) is 5.60. The van der Waals surface area contributed by atoms with E-state index in [1.54, 1.807) is 41.6 Å². The van der Waals surface area contributed by atoms with Crippen molar-refractivity contribution in [3.63, 3.8) is 0 Å². The number of rotatable bonds is 6. The summed E-state index contributed by atoms with van der Waals surface area (Å²) in [5, 5.41) is 0.785. The summed E-state index contributed by atoms with van der Waals surface area (Å²) >= 11 is 12.5. The molecule has 0 bridgehead atoms. The van der Waals surface area contributed by atoms with Crippen LogP contribution in [-0.2, 0) is 12.7 Å². The van der Waals surface area contributed by atoms with Crippen LogP contribution in [0.4, 0.5) is 17.6 Å². The predicted molar refractivity (Wildman–Crippen MR) is 151 cm³/mol. The van der Waals surface area contributed by atoms with Gasteiger partial charge in [0, 0.05) is 49.6 Å². The topological polar surface area (TPSA) is 36.4 Å². The third-order valence-corrected chi connectivity index (χ3v) is 8.17. The summed E-state index contributed by atoms with van der Waals surface area (Å²) in [6.45, 7) is 0.926. The zero-order chi connectivity index (χ0) is 29.3. The van der Waals surface area contributed by atoms with Crippen LogP contribution in [0.5, 0.6) is 0 Å². The second-order valence-electron chi connectivity index (χ2n) is 10.1. The smallest absolute Gasteiger partial charge is 0.336 e. The van der Waals surface area contributed by atoms with Crippen molar-refractivity contribution in [2.45, 2.75) is 24.7 Å². The highest BCUT2D eigenvalue weighted by Crippen LogP contribution is 2.36. The number of hydrogen-bond donors (Lipinski definition) is 0. The van der Waals surface area contributed by atoms with Crippen LogP contribution in [0.3, 0.4) is 0 Å². The summed E-state index contributed by atoms with van der Waals surface area (Å²) in [6.07, 6.45) is -1.36. The molecule has 212 valence electrons. The molecule has 1 aliphatic rings. The average Bonchev–Trinajstić information content (AvgIpc) is 3.40. The lowest BCUT2D eigenvalue weighted by atomic mass is 9.93. The van der Waals surface area contributed by atoms with Gasteiger partial charge in [0.05, 0.1) is 15.6 Å². The fraction of sp³-hybridized carbons (Fsp3) is 0.226. The molecular formula is C31H25Cl2F4N3O. The number of nitrogens with zero attached hydrogens (tertiary/aromatic N) is 3. The van der Waals surface area contributed by atoms with Gasteiger partial charge in [0.25, 0.3) is 5.91 Å². The lowest BCUT2D eigenvalue weighted by molar-refractivity contribution is -0.140. The Morgan fingerprint density at radius 3 is 2.24 bits per heavy atom. The number of amides is 1. The first-order valence-corrected chi connectivity index (χ1v) is 13.6. The molecule has 3 aromatic carbocycles. The molecule has 5 rings (SSSR count). The van der Waals surface area contributed by atoms with Gasteiger partial charge in [0.15, 0.2) is 0 Å². The normalized spacial score (nSPS) is 17.3. The second kappa shape index (κ2) is 11.8. The number of likely N-dealkylation sites (tertiary alicyclic amines) is 1. The molecule has 0 aliphatic carbocycles. The van der Waals surface area contributed by atoms with Crippen LogP contribution in [0.2, 0.25) is 10.0 Å². The fourth-order valence-electron chi connectivity index (χ4n) is 5.29. The largest absolute Gasteiger partial charge is 0.419 e. The van der Waals surface area contributed by atoms with E-state index in [0.717, 1.165) is 28.8 Å². The first-order valence-electron chi connectivity index (χ1n) is 12.8. The first kappa shape index (κ1) is 29.0. The summed E-state index contributed by atoms with van der Waals surface area (Å²) < 4.78 is 53.4. The molecule has 1 amide bonds. The van der Waals surface area contributed by atoms with Crippen LogP contribution in [0.25, 0.3) is 11.1 Å². The van der Waals surface area contributed by atoms with Gasteiger partial charge in [-0.1, -0.05) is 47.5 Å². The minimum atomic E-state index is -4.77. The summed E-state index contributed by atoms with van der Waals surface area (Å²) in [4.78, 5) is 21.3. The van der Waals surface area contributed by atoms with Crippen molar-refractivity contribution in [3.8, 4) is 11.1 Å². The van der Waals surface area contributed by atoms with Crippen LogP contribution in [0.15, 0.2) is 85.2 Å². The van der Waals surface area contributed by atoms with Crippen LogP contribution >= 0.6 is 23.2 Å². The van der Waals surface area contributed by atoms with E-state index in [9.17, 15) is 22.4 Å². The van der Waals surface area contributed by atoms with Gasteiger partial charge >= 0.3 is 6.18 Å². The summed E-state index contributed by atoms with van der Waals surface area (Å²) in [7, 11) is 1.81. The Morgan fingerprint density at radius 1 is 0.927 bits per heavy atom. The Morgan fingerprint density at radius 2 is 1.61 bits per heavy atom. The maximum Gasteiger partial charge on any atom is 0.419 e. The Balaban J connectivity index is 1.39. The number of alkyl halides is 3. The number of benzene rings is 3. The second-order valence-corrected chi connectivity index (χ2v) is 10.9. The molecule has 2 unspecified atom stereocenters. The molecule has 0 radical (unpaired) electrons. The van der Waals surface area contributed by atoms with Crippen molar-refractivity contribution in [2.75, 3.05) is 20.1 Å². The van der Waals surface area contributed by atoms with E-state index in [2.05, 4.69) is 4.98 Å². The van der Waals surface area contributed by atoms with E-state index in [1.165, 1.54) is 6.07 Å². The minimum Gasteiger partial charge on any atom is -0.336 e. The molecule has 2 atom stereocenters. The Hall–Kier alpha value is -3.46. The molecular weight excluding hydrogens is 577 g/mol. The van der Waals surface area contributed by atoms with Crippen molar-refractivity contribution >= 4 is 29.1 Å². The van der Waals surface area contributed by atoms with Gasteiger partial charge < -0.3 is 4.90 Å². The lowest BCUT2D eigenvalue weighted by Gasteiger charge is -2.29. The minimum absolute atomic E-state index is 0.146. The maximum atomic E-state index is 14.3. The third kappa shape index (κ3) is 6.40. The Bertz CT molecular complexity index is 1550. The molecule has 1 aliphatic heterocycles. The monoisotopic (exact) mass is 601 g/mol. The number of pyridine rings is 1. The summed E-state index contributed by atoms with van der Waals surface area (Å²) in [5.41, 5.74) is 2.44. The lowest BCUT2D eigenvalue weighted by Crippen LogP contribution is -2.38. The van der Waals surface area contributed by atoms with E-state index in [4.69, 9.17) is 23.2 Å². The van der Waals surface area contributed by atoms with Gasteiger partial charge in [0.2, 0.25) is 0 Å². The van der Waals surface area contributed by atoms with Crippen molar-refractivity contribution in [1.29, 1.82) is 0 Å². The predicted octanol–water partition coefficient (Wildman–Crippen LogP) is 7.95. The van der Waals surface area contributed by atoms with Gasteiger partial charge in [-0.15, -0.1) is 0 Å². The number of aromatic nitrogens is 1. The highest BCUT2D eigenvalue weighted by Gasteiger charge is 2.39. The molecule has 4 aromatic rings. The zero-order valence-electron chi connectivity index (χ0n) is 21.9. The molecule has 1 aromatic heterocycles. The highest BCUT2D eigenvalue weighted by atomic mass is 35.5. The molecule has 0 saturated carbocycles. The van der Waals surface area contributed by atoms with Gasteiger partial charge in [-0.25, -0.2) is 4.39 Å². The molecule has 2 heterocycles. The molecule has 0 spiro atoms. The summed E-state index contributed by atoms with van der Waals surface area (Å²) in [6, 6.07) is 19.2. The van der Waals surface area contributed by atoms with E-state index in [1.807, 2.05) is 42.3 Å². The van der Waals surface area contributed by atoms with E-state index < -0.39 is 17.6 Å². The standard InChI is InChI=1S/C31H25Cl2F4N3O/c1-39(16-19-2-8-25(28(34)14-19)31(35,36)37)29-18-40(17-24(29)23-7-9-26(32)27(33)15-23)30(41)22-5-3-20(4-6-22)21-10-12-38-13-11-21/h2-15,24,29H,16-18H2,1H3. The number of carbonyl (C=O) groups is 1. The van der Waals surface area contributed by atoms with Gasteiger partial charge in [-0.2, -0.15) is 13.2 Å². The van der Waals surface area contributed by atoms with Crippen LogP contribution < -0.4 is 0 Å². The van der Waals surface area contributed by atoms with Crippen molar-refractivity contribution < 1.29 is 22.4 Å². The van der Waals surface area contributed by atoms with Crippen molar-refractivity contribution in [3.05, 3.63) is 123 Å². The van der Waals surface area contributed by atoms with E-state index in [-0.39, 0.29) is 24.4 Å².